The normalized spacial score (nSPS) is 24.1. The maximum atomic E-state index is 7.65. The number of nitrogens with zero attached hydrogens (tertiary/aromatic N) is 2. The van der Waals surface area contributed by atoms with Gasteiger partial charge in [-0.25, -0.2) is 4.98 Å². The molecule has 18 heavy (non-hydrogen) atoms. The van der Waals surface area contributed by atoms with Crippen molar-refractivity contribution >= 4 is 11.7 Å². The van der Waals surface area contributed by atoms with Crippen LogP contribution in [0.25, 0.3) is 0 Å². The summed E-state index contributed by atoms with van der Waals surface area (Å²) in [7, 11) is 0. The Morgan fingerprint density at radius 2 is 2.00 bits per heavy atom. The number of anilines is 1. The van der Waals surface area contributed by atoms with Crippen LogP contribution in [0.4, 0.5) is 5.82 Å². The lowest BCUT2D eigenvalue weighted by atomic mass is 10.1. The first-order valence-corrected chi connectivity index (χ1v) is 6.20. The molecule has 2 rings (SSSR count). The molecule has 1 aliphatic heterocycles. The molecule has 0 radical (unpaired) electrons. The Morgan fingerprint density at radius 1 is 1.39 bits per heavy atom. The highest BCUT2D eigenvalue weighted by Gasteiger charge is 2.25. The van der Waals surface area contributed by atoms with Crippen LogP contribution in [-0.4, -0.2) is 36.1 Å². The summed E-state index contributed by atoms with van der Waals surface area (Å²) in [6, 6.07) is 3.75. The fourth-order valence-corrected chi connectivity index (χ4v) is 2.35. The summed E-state index contributed by atoms with van der Waals surface area (Å²) in [5.74, 6) is 0.855. The summed E-state index contributed by atoms with van der Waals surface area (Å²) in [5.41, 5.74) is 7.25. The van der Waals surface area contributed by atoms with E-state index >= 15 is 0 Å². The summed E-state index contributed by atoms with van der Waals surface area (Å²) in [4.78, 5) is 6.69. The van der Waals surface area contributed by atoms with Crippen LogP contribution in [-0.2, 0) is 4.74 Å². The zero-order valence-corrected chi connectivity index (χ0v) is 11.1. The summed E-state index contributed by atoms with van der Waals surface area (Å²) in [6.45, 7) is 7.60. The third-order valence-corrected chi connectivity index (χ3v) is 3.02. The summed E-state index contributed by atoms with van der Waals surface area (Å²) in [6.07, 6.45) is 0.326. The number of nitrogen functional groups attached to an aromatic ring is 1. The molecule has 1 aliphatic rings. The van der Waals surface area contributed by atoms with Crippen LogP contribution in [0.15, 0.2) is 12.1 Å². The zero-order chi connectivity index (χ0) is 13.3. The van der Waals surface area contributed by atoms with Gasteiger partial charge in [-0.3, -0.25) is 5.41 Å². The standard InChI is InChI=1S/C13H20N4O/c1-8-4-5-11(12(14)15)13(16-8)17-6-9(2)18-10(3)7-17/h4-5,9-10H,6-7H2,1-3H3,(H3,14,15). The van der Waals surface area contributed by atoms with Gasteiger partial charge in [-0.2, -0.15) is 0 Å². The Morgan fingerprint density at radius 3 is 2.56 bits per heavy atom. The number of aromatic nitrogens is 1. The maximum absolute atomic E-state index is 7.65. The quantitative estimate of drug-likeness (QED) is 0.611. The molecule has 2 heterocycles. The highest BCUT2D eigenvalue weighted by Crippen LogP contribution is 2.22. The van der Waals surface area contributed by atoms with Gasteiger partial charge in [0, 0.05) is 18.8 Å². The first-order valence-electron chi connectivity index (χ1n) is 6.20. The number of amidine groups is 1. The summed E-state index contributed by atoms with van der Waals surface area (Å²) < 4.78 is 5.71. The Hall–Kier alpha value is -1.62. The van der Waals surface area contributed by atoms with Crippen molar-refractivity contribution in [2.75, 3.05) is 18.0 Å². The van der Waals surface area contributed by atoms with Crippen molar-refractivity contribution < 1.29 is 4.74 Å². The van der Waals surface area contributed by atoms with E-state index in [1.54, 1.807) is 0 Å². The lowest BCUT2D eigenvalue weighted by Crippen LogP contribution is -2.46. The number of hydrogen-bond acceptors (Lipinski definition) is 4. The van der Waals surface area contributed by atoms with Crippen molar-refractivity contribution in [1.82, 2.24) is 4.98 Å². The number of hydrogen-bond donors (Lipinski definition) is 2. The fourth-order valence-electron chi connectivity index (χ4n) is 2.35. The lowest BCUT2D eigenvalue weighted by molar-refractivity contribution is -0.00547. The van der Waals surface area contributed by atoms with Gasteiger partial charge in [0.25, 0.3) is 0 Å². The third-order valence-electron chi connectivity index (χ3n) is 3.02. The summed E-state index contributed by atoms with van der Waals surface area (Å²) >= 11 is 0. The largest absolute Gasteiger partial charge is 0.384 e. The van der Waals surface area contributed by atoms with E-state index in [1.165, 1.54) is 0 Å². The molecule has 0 aromatic carbocycles. The maximum Gasteiger partial charge on any atom is 0.140 e. The monoisotopic (exact) mass is 248 g/mol. The Kier molecular flexibility index (Phi) is 3.52. The Balaban J connectivity index is 2.36. The van der Waals surface area contributed by atoms with Crippen LogP contribution in [0.3, 0.4) is 0 Å². The van der Waals surface area contributed by atoms with Crippen LogP contribution < -0.4 is 10.6 Å². The topological polar surface area (TPSA) is 75.2 Å². The van der Waals surface area contributed by atoms with E-state index in [2.05, 4.69) is 9.88 Å². The molecule has 3 N–H and O–H groups in total. The van der Waals surface area contributed by atoms with Gasteiger partial charge < -0.3 is 15.4 Å². The number of nitrogens with two attached hydrogens (primary N) is 1. The Labute approximate surface area is 107 Å². The minimum Gasteiger partial charge on any atom is -0.384 e. The van der Waals surface area contributed by atoms with E-state index in [0.717, 1.165) is 24.6 Å². The molecule has 98 valence electrons. The number of rotatable bonds is 2. The molecule has 1 aromatic heterocycles. The van der Waals surface area contributed by atoms with Crippen molar-refractivity contribution in [3.8, 4) is 0 Å². The van der Waals surface area contributed by atoms with Gasteiger partial charge in [-0.05, 0) is 32.9 Å². The molecule has 2 atom stereocenters. The molecule has 0 aliphatic carbocycles. The predicted octanol–water partition coefficient (Wildman–Crippen LogP) is 1.29. The minimum absolute atomic E-state index is 0.0595. The van der Waals surface area contributed by atoms with Gasteiger partial charge in [0.15, 0.2) is 0 Å². The zero-order valence-electron chi connectivity index (χ0n) is 11.1. The predicted molar refractivity (Wildman–Crippen MR) is 72.2 cm³/mol. The van der Waals surface area contributed by atoms with Gasteiger partial charge in [0.05, 0.1) is 17.8 Å². The van der Waals surface area contributed by atoms with E-state index in [9.17, 15) is 0 Å². The third kappa shape index (κ3) is 2.61. The van der Waals surface area contributed by atoms with Crippen LogP contribution >= 0.6 is 0 Å². The van der Waals surface area contributed by atoms with Gasteiger partial charge >= 0.3 is 0 Å². The molecule has 5 heteroatoms. The van der Waals surface area contributed by atoms with Gasteiger partial charge in [-0.1, -0.05) is 0 Å². The highest BCUT2D eigenvalue weighted by atomic mass is 16.5. The highest BCUT2D eigenvalue weighted by molar-refractivity contribution is 5.99. The molecule has 1 aromatic rings. The van der Waals surface area contributed by atoms with E-state index in [4.69, 9.17) is 15.9 Å². The molecule has 1 saturated heterocycles. The van der Waals surface area contributed by atoms with Crippen molar-refractivity contribution in [3.63, 3.8) is 0 Å². The second-order valence-corrected chi connectivity index (χ2v) is 4.90. The van der Waals surface area contributed by atoms with Crippen molar-refractivity contribution in [3.05, 3.63) is 23.4 Å². The van der Waals surface area contributed by atoms with E-state index in [1.807, 2.05) is 32.9 Å². The second kappa shape index (κ2) is 4.94. The van der Waals surface area contributed by atoms with Crippen LogP contribution in [0.5, 0.6) is 0 Å². The molecule has 0 amide bonds. The average molecular weight is 248 g/mol. The molecule has 5 nitrogen and oxygen atoms in total. The number of ether oxygens (including phenoxy) is 1. The van der Waals surface area contributed by atoms with Gasteiger partial charge in [0.2, 0.25) is 0 Å². The number of aryl methyl sites for hydroxylation is 1. The van der Waals surface area contributed by atoms with Gasteiger partial charge in [0.1, 0.15) is 11.7 Å². The van der Waals surface area contributed by atoms with E-state index < -0.39 is 0 Å². The number of nitrogens with one attached hydrogen (secondary N) is 1. The molecule has 1 fully saturated rings. The first kappa shape index (κ1) is 12.8. The number of morpholine rings is 1. The second-order valence-electron chi connectivity index (χ2n) is 4.90. The molecule has 0 spiro atoms. The molecule has 2 unspecified atom stereocenters. The van der Waals surface area contributed by atoms with Crippen LogP contribution in [0.2, 0.25) is 0 Å². The lowest BCUT2D eigenvalue weighted by Gasteiger charge is -2.37. The van der Waals surface area contributed by atoms with Crippen LogP contribution in [0.1, 0.15) is 25.1 Å². The SMILES string of the molecule is Cc1ccc(C(=N)N)c(N2CC(C)OC(C)C2)n1. The smallest absolute Gasteiger partial charge is 0.140 e. The van der Waals surface area contributed by atoms with E-state index in [0.29, 0.717) is 5.56 Å². The average Bonchev–Trinajstić information content (AvgIpc) is 2.27. The fraction of sp³-hybridized carbons (Fsp3) is 0.538. The molecule has 0 bridgehead atoms. The van der Waals surface area contributed by atoms with Crippen molar-refractivity contribution in [2.24, 2.45) is 5.73 Å². The minimum atomic E-state index is 0.0595. The van der Waals surface area contributed by atoms with E-state index in [-0.39, 0.29) is 18.0 Å². The molecular formula is C13H20N4O. The van der Waals surface area contributed by atoms with Gasteiger partial charge in [-0.15, -0.1) is 0 Å². The Bertz CT molecular complexity index is 450. The summed E-state index contributed by atoms with van der Waals surface area (Å²) in [5, 5.41) is 7.65. The van der Waals surface area contributed by atoms with Crippen molar-refractivity contribution in [2.45, 2.75) is 33.0 Å². The molecule has 0 saturated carbocycles. The molecular weight excluding hydrogens is 228 g/mol. The van der Waals surface area contributed by atoms with Crippen molar-refractivity contribution in [1.29, 1.82) is 5.41 Å². The van der Waals surface area contributed by atoms with Crippen LogP contribution in [0, 0.1) is 12.3 Å². The first-order chi connectivity index (χ1) is 8.47. The number of pyridine rings is 1.